The number of anilines is 1. The summed E-state index contributed by atoms with van der Waals surface area (Å²) in [5.41, 5.74) is 0. The monoisotopic (exact) mass is 342 g/mol. The minimum absolute atomic E-state index is 0.00678. The lowest BCUT2D eigenvalue weighted by Crippen LogP contribution is -2.50. The topological polar surface area (TPSA) is 67.8 Å². The Balaban J connectivity index is 1.45. The molecule has 1 aliphatic rings. The molecule has 0 bridgehead atoms. The van der Waals surface area contributed by atoms with E-state index in [0.717, 1.165) is 24.7 Å². The zero-order chi connectivity index (χ0) is 17.5. The molecule has 3 rings (SSSR count). The first-order valence-corrected chi connectivity index (χ1v) is 8.40. The number of benzene rings is 1. The summed E-state index contributed by atoms with van der Waals surface area (Å²) >= 11 is 0. The van der Waals surface area contributed by atoms with Crippen molar-refractivity contribution in [2.45, 2.75) is 6.92 Å². The molecule has 0 unspecified atom stereocenters. The van der Waals surface area contributed by atoms with E-state index in [0.29, 0.717) is 25.4 Å². The molecular formula is C18H22N4O3. The number of carbonyl (C=O) groups excluding carboxylic acids is 1. The molecular weight excluding hydrogens is 320 g/mol. The zero-order valence-corrected chi connectivity index (χ0v) is 14.3. The van der Waals surface area contributed by atoms with Crippen molar-refractivity contribution in [3.8, 4) is 11.5 Å². The third kappa shape index (κ3) is 4.59. The molecule has 0 saturated carbocycles. The quantitative estimate of drug-likeness (QED) is 0.794. The molecule has 0 atom stereocenters. The molecule has 7 heteroatoms. The lowest BCUT2D eigenvalue weighted by atomic mass is 10.3. The molecule has 7 nitrogen and oxygen atoms in total. The summed E-state index contributed by atoms with van der Waals surface area (Å²) in [5.74, 6) is 2.30. The van der Waals surface area contributed by atoms with Crippen molar-refractivity contribution in [1.29, 1.82) is 0 Å². The molecule has 1 aromatic carbocycles. The van der Waals surface area contributed by atoms with Crippen LogP contribution in [0.3, 0.4) is 0 Å². The van der Waals surface area contributed by atoms with Gasteiger partial charge in [0.05, 0.1) is 12.8 Å². The van der Waals surface area contributed by atoms with Crippen LogP contribution in [0.5, 0.6) is 11.5 Å². The number of carbonyl (C=O) groups is 1. The Morgan fingerprint density at radius 3 is 2.32 bits per heavy atom. The Hall–Kier alpha value is -2.83. The third-order valence-electron chi connectivity index (χ3n) is 4.00. The Morgan fingerprint density at radius 2 is 1.72 bits per heavy atom. The molecule has 1 aromatic heterocycles. The van der Waals surface area contributed by atoms with Gasteiger partial charge in [-0.2, -0.15) is 0 Å². The van der Waals surface area contributed by atoms with E-state index >= 15 is 0 Å². The normalized spacial score (nSPS) is 14.3. The van der Waals surface area contributed by atoms with Crippen LogP contribution in [0.25, 0.3) is 0 Å². The number of aromatic nitrogens is 2. The third-order valence-corrected chi connectivity index (χ3v) is 4.00. The van der Waals surface area contributed by atoms with Crippen LogP contribution in [0.15, 0.2) is 42.9 Å². The van der Waals surface area contributed by atoms with Gasteiger partial charge in [0.25, 0.3) is 5.91 Å². The van der Waals surface area contributed by atoms with Gasteiger partial charge in [-0.3, -0.25) is 9.78 Å². The highest BCUT2D eigenvalue weighted by atomic mass is 16.5. The van der Waals surface area contributed by atoms with Gasteiger partial charge in [-0.25, -0.2) is 4.98 Å². The number of amides is 1. The van der Waals surface area contributed by atoms with E-state index in [1.165, 1.54) is 0 Å². The van der Waals surface area contributed by atoms with Crippen LogP contribution in [0.2, 0.25) is 0 Å². The highest BCUT2D eigenvalue weighted by Gasteiger charge is 2.22. The van der Waals surface area contributed by atoms with Gasteiger partial charge in [-0.15, -0.1) is 0 Å². The summed E-state index contributed by atoms with van der Waals surface area (Å²) in [6, 6.07) is 7.29. The summed E-state index contributed by atoms with van der Waals surface area (Å²) in [5, 5.41) is 0. The molecule has 1 amide bonds. The first kappa shape index (κ1) is 17.0. The van der Waals surface area contributed by atoms with E-state index in [4.69, 9.17) is 9.47 Å². The lowest BCUT2D eigenvalue weighted by Gasteiger charge is -2.35. The molecule has 132 valence electrons. The van der Waals surface area contributed by atoms with E-state index in [-0.39, 0.29) is 12.5 Å². The largest absolute Gasteiger partial charge is 0.494 e. The number of nitrogens with zero attached hydrogens (tertiary/aromatic N) is 4. The predicted molar refractivity (Wildman–Crippen MR) is 93.9 cm³/mol. The van der Waals surface area contributed by atoms with Crippen molar-refractivity contribution in [2.75, 3.05) is 44.3 Å². The summed E-state index contributed by atoms with van der Waals surface area (Å²) < 4.78 is 11.0. The van der Waals surface area contributed by atoms with E-state index < -0.39 is 0 Å². The summed E-state index contributed by atoms with van der Waals surface area (Å²) in [6.07, 6.45) is 5.07. The molecule has 1 fully saturated rings. The maximum Gasteiger partial charge on any atom is 0.260 e. The SMILES string of the molecule is CCOc1ccc(OCC(=O)N2CCN(c3cnccn3)CC2)cc1. The van der Waals surface area contributed by atoms with Crippen LogP contribution in [0.1, 0.15) is 6.92 Å². The first-order valence-electron chi connectivity index (χ1n) is 8.40. The van der Waals surface area contributed by atoms with Crippen molar-refractivity contribution in [2.24, 2.45) is 0 Å². The maximum absolute atomic E-state index is 12.3. The number of hydrogen-bond donors (Lipinski definition) is 0. The molecule has 0 spiro atoms. The fourth-order valence-corrected chi connectivity index (χ4v) is 2.67. The smallest absolute Gasteiger partial charge is 0.260 e. The minimum atomic E-state index is -0.00678. The van der Waals surface area contributed by atoms with Gasteiger partial charge in [0.1, 0.15) is 17.3 Å². The summed E-state index contributed by atoms with van der Waals surface area (Å²) in [6.45, 7) is 5.40. The number of piperazine rings is 1. The Kier molecular flexibility index (Phi) is 5.66. The fourth-order valence-electron chi connectivity index (χ4n) is 2.67. The molecule has 0 radical (unpaired) electrons. The van der Waals surface area contributed by atoms with Crippen molar-refractivity contribution in [1.82, 2.24) is 14.9 Å². The Labute approximate surface area is 147 Å². The molecule has 0 N–H and O–H groups in total. The molecule has 1 aliphatic heterocycles. The molecule has 2 aromatic rings. The first-order chi connectivity index (χ1) is 12.3. The number of ether oxygens (including phenoxy) is 2. The van der Waals surface area contributed by atoms with Crippen molar-refractivity contribution in [3.05, 3.63) is 42.9 Å². The number of rotatable bonds is 6. The standard InChI is InChI=1S/C18H22N4O3/c1-2-24-15-3-5-16(6-4-15)25-14-18(23)22-11-9-21(10-12-22)17-13-19-7-8-20-17/h3-8,13H,2,9-12,14H2,1H3. The second-order valence-corrected chi connectivity index (χ2v) is 5.62. The van der Waals surface area contributed by atoms with Crippen LogP contribution in [0, 0.1) is 0 Å². The van der Waals surface area contributed by atoms with Crippen LogP contribution in [0.4, 0.5) is 5.82 Å². The molecule has 2 heterocycles. The van der Waals surface area contributed by atoms with E-state index in [1.54, 1.807) is 18.6 Å². The summed E-state index contributed by atoms with van der Waals surface area (Å²) in [7, 11) is 0. The average molecular weight is 342 g/mol. The van der Waals surface area contributed by atoms with E-state index in [1.807, 2.05) is 36.1 Å². The highest BCUT2D eigenvalue weighted by molar-refractivity contribution is 5.78. The van der Waals surface area contributed by atoms with Crippen molar-refractivity contribution >= 4 is 11.7 Å². The number of hydrogen-bond acceptors (Lipinski definition) is 6. The Morgan fingerprint density at radius 1 is 1.04 bits per heavy atom. The van der Waals surface area contributed by atoms with Crippen molar-refractivity contribution < 1.29 is 14.3 Å². The fraction of sp³-hybridized carbons (Fsp3) is 0.389. The second kappa shape index (κ2) is 8.32. The predicted octanol–water partition coefficient (Wildman–Crippen LogP) is 1.60. The second-order valence-electron chi connectivity index (χ2n) is 5.62. The molecule has 0 aliphatic carbocycles. The lowest BCUT2D eigenvalue weighted by molar-refractivity contribution is -0.133. The highest BCUT2D eigenvalue weighted by Crippen LogP contribution is 2.18. The van der Waals surface area contributed by atoms with Gasteiger partial charge >= 0.3 is 0 Å². The van der Waals surface area contributed by atoms with E-state index in [2.05, 4.69) is 14.9 Å². The summed E-state index contributed by atoms with van der Waals surface area (Å²) in [4.78, 5) is 24.6. The zero-order valence-electron chi connectivity index (χ0n) is 14.3. The van der Waals surface area contributed by atoms with Crippen molar-refractivity contribution in [3.63, 3.8) is 0 Å². The Bertz CT molecular complexity index is 670. The van der Waals surface area contributed by atoms with Gasteiger partial charge in [0.15, 0.2) is 6.61 Å². The van der Waals surface area contributed by atoms with Gasteiger partial charge in [0.2, 0.25) is 0 Å². The van der Waals surface area contributed by atoms with E-state index in [9.17, 15) is 4.79 Å². The van der Waals surface area contributed by atoms with Crippen LogP contribution in [-0.4, -0.2) is 60.2 Å². The van der Waals surface area contributed by atoms with Crippen LogP contribution >= 0.6 is 0 Å². The van der Waals surface area contributed by atoms with Gasteiger partial charge in [-0.1, -0.05) is 0 Å². The average Bonchev–Trinajstić information content (AvgIpc) is 2.68. The minimum Gasteiger partial charge on any atom is -0.494 e. The molecule has 25 heavy (non-hydrogen) atoms. The van der Waals surface area contributed by atoms with Gasteiger partial charge < -0.3 is 19.3 Å². The van der Waals surface area contributed by atoms with Gasteiger partial charge in [-0.05, 0) is 31.2 Å². The molecule has 1 saturated heterocycles. The van der Waals surface area contributed by atoms with Gasteiger partial charge in [0, 0.05) is 38.6 Å². The van der Waals surface area contributed by atoms with Crippen LogP contribution in [-0.2, 0) is 4.79 Å². The van der Waals surface area contributed by atoms with Crippen LogP contribution < -0.4 is 14.4 Å². The maximum atomic E-state index is 12.3.